The number of hydrogen-bond donors (Lipinski definition) is 1. The molecule has 9 heteroatoms. The first kappa shape index (κ1) is 17.6. The third-order valence-corrected chi connectivity index (χ3v) is 5.61. The average Bonchev–Trinajstić information content (AvgIpc) is 3.39. The number of amides is 1. The lowest BCUT2D eigenvalue weighted by Gasteiger charge is -2.32. The number of aryl methyl sites for hydroxylation is 1. The van der Waals surface area contributed by atoms with Crippen LogP contribution in [0.5, 0.6) is 0 Å². The van der Waals surface area contributed by atoms with Crippen molar-refractivity contribution in [1.82, 2.24) is 29.6 Å². The molecule has 1 aliphatic heterocycles. The molecule has 1 atom stereocenters. The maximum absolute atomic E-state index is 12.6. The molecule has 8 nitrogen and oxygen atoms in total. The summed E-state index contributed by atoms with van der Waals surface area (Å²) in [6, 6.07) is 5.43. The van der Waals surface area contributed by atoms with Gasteiger partial charge >= 0.3 is 0 Å². The van der Waals surface area contributed by atoms with Crippen LogP contribution in [0, 0.1) is 0 Å². The van der Waals surface area contributed by atoms with Crippen molar-refractivity contribution in [2.75, 3.05) is 13.1 Å². The molecular formula is C18H20N6O2S. The van der Waals surface area contributed by atoms with E-state index in [0.717, 1.165) is 24.3 Å². The van der Waals surface area contributed by atoms with Crippen molar-refractivity contribution in [3.05, 3.63) is 52.4 Å². The van der Waals surface area contributed by atoms with E-state index in [-0.39, 0.29) is 17.4 Å². The number of nitrogens with one attached hydrogen (secondary N) is 1. The fraction of sp³-hybridized carbons (Fsp3) is 0.389. The van der Waals surface area contributed by atoms with Gasteiger partial charge in [0.1, 0.15) is 18.5 Å². The van der Waals surface area contributed by atoms with Crippen LogP contribution in [0.25, 0.3) is 10.6 Å². The Morgan fingerprint density at radius 3 is 3.11 bits per heavy atom. The maximum Gasteiger partial charge on any atom is 0.251 e. The number of aromatic nitrogens is 5. The smallest absolute Gasteiger partial charge is 0.251 e. The second-order valence-corrected chi connectivity index (χ2v) is 7.53. The Kier molecular flexibility index (Phi) is 5.10. The Hall–Kier alpha value is -2.81. The number of thiophene rings is 1. The third kappa shape index (κ3) is 4.13. The highest BCUT2D eigenvalue weighted by molar-refractivity contribution is 7.13. The monoisotopic (exact) mass is 384 g/mol. The van der Waals surface area contributed by atoms with Crippen LogP contribution in [0.15, 0.2) is 41.0 Å². The molecule has 1 N–H and O–H groups in total. The lowest BCUT2D eigenvalue weighted by Crippen LogP contribution is -2.40. The Labute approximate surface area is 159 Å². The molecule has 0 radical (unpaired) electrons. The molecule has 1 amide bonds. The van der Waals surface area contributed by atoms with Gasteiger partial charge < -0.3 is 9.88 Å². The second kappa shape index (κ2) is 7.83. The number of H-pyrrole nitrogens is 1. The molecule has 0 unspecified atom stereocenters. The van der Waals surface area contributed by atoms with E-state index in [9.17, 15) is 9.59 Å². The minimum atomic E-state index is -0.155. The number of likely N-dealkylation sites (tertiary alicyclic amines) is 1. The molecule has 3 aromatic rings. The first-order valence-electron chi connectivity index (χ1n) is 8.94. The molecule has 0 spiro atoms. The van der Waals surface area contributed by atoms with Gasteiger partial charge in [0.2, 0.25) is 5.91 Å². The van der Waals surface area contributed by atoms with Crippen molar-refractivity contribution < 1.29 is 4.79 Å². The van der Waals surface area contributed by atoms with Gasteiger partial charge in [-0.1, -0.05) is 6.07 Å². The molecule has 27 heavy (non-hydrogen) atoms. The van der Waals surface area contributed by atoms with E-state index < -0.39 is 0 Å². The summed E-state index contributed by atoms with van der Waals surface area (Å²) >= 11 is 1.56. The molecule has 1 aliphatic rings. The topological polar surface area (TPSA) is 96.8 Å². The Balaban J connectivity index is 1.46. The quantitative estimate of drug-likeness (QED) is 0.724. The van der Waals surface area contributed by atoms with E-state index in [1.54, 1.807) is 22.3 Å². The van der Waals surface area contributed by atoms with Gasteiger partial charge in [-0.2, -0.15) is 5.10 Å². The van der Waals surface area contributed by atoms with E-state index in [1.165, 1.54) is 12.4 Å². The fourth-order valence-electron chi connectivity index (χ4n) is 3.36. The first-order valence-corrected chi connectivity index (χ1v) is 9.82. The van der Waals surface area contributed by atoms with E-state index in [0.29, 0.717) is 31.0 Å². The van der Waals surface area contributed by atoms with Gasteiger partial charge in [0.15, 0.2) is 0 Å². The molecule has 0 aliphatic carbocycles. The molecule has 1 saturated heterocycles. The Morgan fingerprint density at radius 2 is 2.33 bits per heavy atom. The summed E-state index contributed by atoms with van der Waals surface area (Å²) in [6.45, 7) is 1.83. The van der Waals surface area contributed by atoms with E-state index in [1.807, 2.05) is 22.4 Å². The van der Waals surface area contributed by atoms with Crippen LogP contribution >= 0.6 is 11.3 Å². The highest BCUT2D eigenvalue weighted by atomic mass is 32.1. The minimum Gasteiger partial charge on any atom is -0.342 e. The normalized spacial score (nSPS) is 17.2. The Morgan fingerprint density at radius 1 is 1.41 bits per heavy atom. The third-order valence-electron chi connectivity index (χ3n) is 4.72. The number of hydrogen-bond acceptors (Lipinski definition) is 6. The summed E-state index contributed by atoms with van der Waals surface area (Å²) < 4.78 is 1.66. The van der Waals surface area contributed by atoms with E-state index >= 15 is 0 Å². The van der Waals surface area contributed by atoms with Crippen LogP contribution in [0.2, 0.25) is 0 Å². The minimum absolute atomic E-state index is 0.0432. The summed E-state index contributed by atoms with van der Waals surface area (Å²) in [4.78, 5) is 38.9. The second-order valence-electron chi connectivity index (χ2n) is 6.58. The van der Waals surface area contributed by atoms with Crippen LogP contribution in [0.3, 0.4) is 0 Å². The molecule has 0 aromatic carbocycles. The predicted molar refractivity (Wildman–Crippen MR) is 101 cm³/mol. The van der Waals surface area contributed by atoms with Crippen molar-refractivity contribution in [2.24, 2.45) is 0 Å². The first-order chi connectivity index (χ1) is 13.2. The lowest BCUT2D eigenvalue weighted by atomic mass is 9.96. The van der Waals surface area contributed by atoms with Gasteiger partial charge in [0.05, 0.1) is 17.1 Å². The summed E-state index contributed by atoms with van der Waals surface area (Å²) in [5.41, 5.74) is 0.538. The number of aromatic amines is 1. The van der Waals surface area contributed by atoms with Crippen molar-refractivity contribution in [3.8, 4) is 10.6 Å². The fourth-order valence-corrected chi connectivity index (χ4v) is 4.05. The summed E-state index contributed by atoms with van der Waals surface area (Å²) in [7, 11) is 0. The highest BCUT2D eigenvalue weighted by Crippen LogP contribution is 2.27. The average molecular weight is 384 g/mol. The van der Waals surface area contributed by atoms with Crippen LogP contribution in [-0.4, -0.2) is 48.6 Å². The number of piperidine rings is 1. The zero-order valence-corrected chi connectivity index (χ0v) is 15.6. The molecule has 140 valence electrons. The van der Waals surface area contributed by atoms with Gasteiger partial charge in [0, 0.05) is 31.5 Å². The number of carbonyl (C=O) groups is 1. The summed E-state index contributed by atoms with van der Waals surface area (Å²) in [5, 5.41) is 5.99. The zero-order valence-electron chi connectivity index (χ0n) is 14.7. The van der Waals surface area contributed by atoms with Gasteiger partial charge in [0.25, 0.3) is 5.56 Å². The van der Waals surface area contributed by atoms with Crippen LogP contribution in [0.1, 0.15) is 31.0 Å². The zero-order chi connectivity index (χ0) is 18.6. The van der Waals surface area contributed by atoms with E-state index in [2.05, 4.69) is 20.1 Å². The molecule has 4 heterocycles. The van der Waals surface area contributed by atoms with Gasteiger partial charge in [-0.15, -0.1) is 11.3 Å². The van der Waals surface area contributed by atoms with Gasteiger partial charge in [-0.25, -0.2) is 9.97 Å². The van der Waals surface area contributed by atoms with Crippen molar-refractivity contribution in [3.63, 3.8) is 0 Å². The van der Waals surface area contributed by atoms with Gasteiger partial charge in [-0.3, -0.25) is 14.3 Å². The Bertz CT molecular complexity index is 951. The maximum atomic E-state index is 12.6. The van der Waals surface area contributed by atoms with Crippen molar-refractivity contribution in [1.29, 1.82) is 0 Å². The molecule has 1 fully saturated rings. The number of nitrogens with zero attached hydrogens (tertiary/aromatic N) is 5. The highest BCUT2D eigenvalue weighted by Gasteiger charge is 2.26. The van der Waals surface area contributed by atoms with Crippen molar-refractivity contribution in [2.45, 2.75) is 31.7 Å². The predicted octanol–water partition coefficient (Wildman–Crippen LogP) is 1.89. The summed E-state index contributed by atoms with van der Waals surface area (Å²) in [6.07, 6.45) is 5.26. The summed E-state index contributed by atoms with van der Waals surface area (Å²) in [5.74, 6) is 0.799. The lowest BCUT2D eigenvalue weighted by molar-refractivity contribution is -0.132. The molecule has 3 aromatic heterocycles. The van der Waals surface area contributed by atoms with Crippen LogP contribution in [0.4, 0.5) is 0 Å². The van der Waals surface area contributed by atoms with Crippen LogP contribution < -0.4 is 5.56 Å². The number of rotatable bonds is 5. The van der Waals surface area contributed by atoms with Crippen molar-refractivity contribution >= 4 is 17.2 Å². The molecule has 0 bridgehead atoms. The molecular weight excluding hydrogens is 364 g/mol. The van der Waals surface area contributed by atoms with E-state index in [4.69, 9.17) is 0 Å². The van der Waals surface area contributed by atoms with Gasteiger partial charge in [-0.05, 0) is 24.3 Å². The van der Waals surface area contributed by atoms with Crippen LogP contribution in [-0.2, 0) is 11.3 Å². The molecule has 4 rings (SSSR count). The SMILES string of the molecule is O=C(CCn1cncn1)N1CCC[C@H](c2nc(-c3cccs3)cc(=O)[nH]2)C1. The largest absolute Gasteiger partial charge is 0.342 e. The standard InChI is InChI=1S/C18H20N6O2S/c25-16-9-14(15-4-2-8-27-15)21-18(22-16)13-3-1-6-23(10-13)17(26)5-7-24-12-19-11-20-24/h2,4,8-9,11-13H,1,3,5-7,10H2,(H,21,22,25)/t13-/m0/s1. The number of carbonyl (C=O) groups excluding carboxylic acids is 1. The molecule has 0 saturated carbocycles.